The molecule has 2 heterocycles. The lowest BCUT2D eigenvalue weighted by molar-refractivity contribution is 0.315. The van der Waals surface area contributed by atoms with Crippen molar-refractivity contribution in [3.8, 4) is 0 Å². The summed E-state index contributed by atoms with van der Waals surface area (Å²) in [6.07, 6.45) is 1.17. The highest BCUT2D eigenvalue weighted by Crippen LogP contribution is 2.26. The number of aromatic nitrogens is 2. The monoisotopic (exact) mass is 282 g/mol. The molecular formula is C14H23ClN4. The third-order valence-electron chi connectivity index (χ3n) is 3.57. The maximum absolute atomic E-state index is 6.15. The minimum absolute atomic E-state index is 0.0830. The van der Waals surface area contributed by atoms with Crippen LogP contribution in [-0.2, 0) is 5.41 Å². The van der Waals surface area contributed by atoms with Gasteiger partial charge < -0.3 is 9.80 Å². The van der Waals surface area contributed by atoms with E-state index in [0.717, 1.165) is 24.7 Å². The molecule has 0 N–H and O–H groups in total. The van der Waals surface area contributed by atoms with E-state index in [0.29, 0.717) is 11.2 Å². The van der Waals surface area contributed by atoms with Gasteiger partial charge in [0, 0.05) is 30.6 Å². The number of rotatable bonds is 2. The SMILES string of the molecule is CN(C)C1CCN(c2cc(Cl)nc(C(C)(C)C)n2)C1. The number of nitrogens with zero attached hydrogens (tertiary/aromatic N) is 4. The molecule has 1 unspecified atom stereocenters. The third kappa shape index (κ3) is 3.37. The first kappa shape index (κ1) is 14.5. The Labute approximate surface area is 120 Å². The molecule has 0 amide bonds. The molecule has 4 nitrogen and oxygen atoms in total. The zero-order valence-corrected chi connectivity index (χ0v) is 13.2. The van der Waals surface area contributed by atoms with E-state index in [1.807, 2.05) is 6.07 Å². The second-order valence-corrected chi connectivity index (χ2v) is 6.86. The third-order valence-corrected chi connectivity index (χ3v) is 3.76. The summed E-state index contributed by atoms with van der Waals surface area (Å²) >= 11 is 6.15. The van der Waals surface area contributed by atoms with E-state index in [1.165, 1.54) is 6.42 Å². The van der Waals surface area contributed by atoms with E-state index < -0.39 is 0 Å². The van der Waals surface area contributed by atoms with E-state index in [1.54, 1.807) is 0 Å². The van der Waals surface area contributed by atoms with Crippen molar-refractivity contribution in [2.45, 2.75) is 38.6 Å². The zero-order chi connectivity index (χ0) is 14.2. The first-order valence-electron chi connectivity index (χ1n) is 6.74. The van der Waals surface area contributed by atoms with Crippen LogP contribution in [0.2, 0.25) is 5.15 Å². The predicted octanol–water partition coefficient (Wildman–Crippen LogP) is 2.57. The lowest BCUT2D eigenvalue weighted by atomic mass is 9.96. The minimum atomic E-state index is -0.0830. The summed E-state index contributed by atoms with van der Waals surface area (Å²) in [4.78, 5) is 13.6. The largest absolute Gasteiger partial charge is 0.355 e. The van der Waals surface area contributed by atoms with Gasteiger partial charge in [-0.25, -0.2) is 9.97 Å². The Morgan fingerprint density at radius 2 is 2.00 bits per heavy atom. The molecule has 0 aliphatic carbocycles. The Kier molecular flexibility index (Phi) is 4.02. The van der Waals surface area contributed by atoms with Gasteiger partial charge in [0.1, 0.15) is 16.8 Å². The van der Waals surface area contributed by atoms with Gasteiger partial charge in [-0.2, -0.15) is 0 Å². The van der Waals surface area contributed by atoms with Gasteiger partial charge in [0.2, 0.25) is 0 Å². The fourth-order valence-corrected chi connectivity index (χ4v) is 2.45. The van der Waals surface area contributed by atoms with Crippen molar-refractivity contribution < 1.29 is 0 Å². The van der Waals surface area contributed by atoms with Gasteiger partial charge in [-0.15, -0.1) is 0 Å². The highest BCUT2D eigenvalue weighted by atomic mass is 35.5. The number of anilines is 1. The van der Waals surface area contributed by atoms with Crippen molar-refractivity contribution in [3.05, 3.63) is 17.0 Å². The molecule has 0 spiro atoms. The summed E-state index contributed by atoms with van der Waals surface area (Å²) in [7, 11) is 4.25. The molecule has 106 valence electrons. The molecule has 0 aromatic carbocycles. The summed E-state index contributed by atoms with van der Waals surface area (Å²) in [6, 6.07) is 2.46. The number of hydrogen-bond donors (Lipinski definition) is 0. The molecule has 1 fully saturated rings. The van der Waals surface area contributed by atoms with Gasteiger partial charge in [0.05, 0.1) is 0 Å². The van der Waals surface area contributed by atoms with Crippen LogP contribution in [0.3, 0.4) is 0 Å². The van der Waals surface area contributed by atoms with Crippen molar-refractivity contribution >= 4 is 17.4 Å². The molecule has 1 atom stereocenters. The number of halogens is 1. The van der Waals surface area contributed by atoms with E-state index in [9.17, 15) is 0 Å². The fourth-order valence-electron chi connectivity index (χ4n) is 2.27. The topological polar surface area (TPSA) is 32.3 Å². The van der Waals surface area contributed by atoms with Crippen LogP contribution in [0.25, 0.3) is 0 Å². The molecule has 1 aromatic heterocycles. The standard InChI is InChI=1S/C14H23ClN4/c1-14(2,3)13-16-11(15)8-12(17-13)19-7-6-10(9-19)18(4)5/h8,10H,6-7,9H2,1-5H3. The lowest BCUT2D eigenvalue weighted by Crippen LogP contribution is -2.32. The summed E-state index contributed by atoms with van der Waals surface area (Å²) in [6.45, 7) is 8.35. The van der Waals surface area contributed by atoms with E-state index >= 15 is 0 Å². The Hall–Kier alpha value is -0.870. The van der Waals surface area contributed by atoms with Crippen LogP contribution in [0, 0.1) is 0 Å². The maximum Gasteiger partial charge on any atom is 0.137 e. The molecule has 0 bridgehead atoms. The molecule has 5 heteroatoms. The number of likely N-dealkylation sites (N-methyl/N-ethyl adjacent to an activating group) is 1. The predicted molar refractivity (Wildman–Crippen MR) is 80.0 cm³/mol. The van der Waals surface area contributed by atoms with Crippen molar-refractivity contribution in [1.82, 2.24) is 14.9 Å². The van der Waals surface area contributed by atoms with Gasteiger partial charge in [-0.1, -0.05) is 32.4 Å². The zero-order valence-electron chi connectivity index (χ0n) is 12.4. The minimum Gasteiger partial charge on any atom is -0.355 e. The van der Waals surface area contributed by atoms with Crippen LogP contribution in [-0.4, -0.2) is 48.1 Å². The first-order valence-corrected chi connectivity index (χ1v) is 7.11. The van der Waals surface area contributed by atoms with Gasteiger partial charge in [0.25, 0.3) is 0 Å². The highest BCUT2D eigenvalue weighted by Gasteiger charge is 2.27. The normalized spacial score (nSPS) is 20.4. The maximum atomic E-state index is 6.15. The second-order valence-electron chi connectivity index (χ2n) is 6.47. The van der Waals surface area contributed by atoms with Crippen LogP contribution in [0.4, 0.5) is 5.82 Å². The van der Waals surface area contributed by atoms with E-state index in [4.69, 9.17) is 16.6 Å². The Balaban J connectivity index is 2.24. The van der Waals surface area contributed by atoms with E-state index in [2.05, 4.69) is 49.7 Å². The molecular weight excluding hydrogens is 260 g/mol. The first-order chi connectivity index (χ1) is 8.77. The number of hydrogen-bond acceptors (Lipinski definition) is 4. The molecule has 19 heavy (non-hydrogen) atoms. The molecule has 0 saturated carbocycles. The van der Waals surface area contributed by atoms with Crippen LogP contribution >= 0.6 is 11.6 Å². The fraction of sp³-hybridized carbons (Fsp3) is 0.714. The smallest absolute Gasteiger partial charge is 0.137 e. The van der Waals surface area contributed by atoms with Crippen LogP contribution in [0.5, 0.6) is 0 Å². The molecule has 1 aliphatic heterocycles. The Morgan fingerprint density at radius 1 is 1.32 bits per heavy atom. The van der Waals surface area contributed by atoms with Crippen LogP contribution in [0.1, 0.15) is 33.0 Å². The summed E-state index contributed by atoms with van der Waals surface area (Å²) in [5.41, 5.74) is -0.0830. The van der Waals surface area contributed by atoms with Gasteiger partial charge in [-0.05, 0) is 20.5 Å². The molecule has 1 aliphatic rings. The van der Waals surface area contributed by atoms with Crippen molar-refractivity contribution in [1.29, 1.82) is 0 Å². The molecule has 1 saturated heterocycles. The quantitative estimate of drug-likeness (QED) is 0.781. The van der Waals surface area contributed by atoms with Gasteiger partial charge in [-0.3, -0.25) is 0 Å². The average Bonchev–Trinajstić information content (AvgIpc) is 2.76. The summed E-state index contributed by atoms with van der Waals surface area (Å²) in [5, 5.41) is 0.531. The average molecular weight is 283 g/mol. The van der Waals surface area contributed by atoms with E-state index in [-0.39, 0.29) is 5.41 Å². The molecule has 0 radical (unpaired) electrons. The van der Waals surface area contributed by atoms with Crippen molar-refractivity contribution in [2.75, 3.05) is 32.1 Å². The van der Waals surface area contributed by atoms with Crippen molar-refractivity contribution in [3.63, 3.8) is 0 Å². The Bertz CT molecular complexity index is 453. The highest BCUT2D eigenvalue weighted by molar-refractivity contribution is 6.29. The Morgan fingerprint density at radius 3 is 2.53 bits per heavy atom. The van der Waals surface area contributed by atoms with Crippen LogP contribution in [0.15, 0.2) is 6.07 Å². The van der Waals surface area contributed by atoms with Gasteiger partial charge in [0.15, 0.2) is 0 Å². The summed E-state index contributed by atoms with van der Waals surface area (Å²) < 4.78 is 0. The van der Waals surface area contributed by atoms with Crippen molar-refractivity contribution in [2.24, 2.45) is 0 Å². The second kappa shape index (κ2) is 5.25. The molecule has 1 aromatic rings. The lowest BCUT2D eigenvalue weighted by Gasteiger charge is -2.23. The van der Waals surface area contributed by atoms with Crippen LogP contribution < -0.4 is 4.90 Å². The molecule has 2 rings (SSSR count). The van der Waals surface area contributed by atoms with Gasteiger partial charge >= 0.3 is 0 Å². The summed E-state index contributed by atoms with van der Waals surface area (Å²) in [5.74, 6) is 1.76.